The molecule has 5 heteroatoms. The predicted molar refractivity (Wildman–Crippen MR) is 74.7 cm³/mol. The summed E-state index contributed by atoms with van der Waals surface area (Å²) < 4.78 is 10.6. The van der Waals surface area contributed by atoms with Crippen molar-refractivity contribution in [3.8, 4) is 5.75 Å². The normalized spacial score (nSPS) is 10.8. The van der Waals surface area contributed by atoms with Gasteiger partial charge in [0.25, 0.3) is 0 Å². The molecule has 0 heterocycles. The van der Waals surface area contributed by atoms with Crippen LogP contribution in [-0.4, -0.2) is 31.4 Å². The molecule has 0 amide bonds. The molecule has 19 heavy (non-hydrogen) atoms. The maximum atomic E-state index is 10.5. The van der Waals surface area contributed by atoms with Crippen molar-refractivity contribution in [1.29, 1.82) is 0 Å². The quantitative estimate of drug-likeness (QED) is 0.588. The number of unbranched alkanes of at least 4 members (excludes halogenated alkanes) is 1. The SMILES string of the molecule is COCCCCOc1cccc(Cl)c1/C=C/C(=O)O. The second-order valence-corrected chi connectivity index (χ2v) is 4.28. The first kappa shape index (κ1) is 15.5. The van der Waals surface area contributed by atoms with E-state index < -0.39 is 5.97 Å². The first-order valence-corrected chi connectivity index (χ1v) is 6.34. The van der Waals surface area contributed by atoms with Crippen LogP contribution in [0.25, 0.3) is 6.08 Å². The topological polar surface area (TPSA) is 55.8 Å². The zero-order chi connectivity index (χ0) is 14.1. The summed E-state index contributed by atoms with van der Waals surface area (Å²) in [5.74, 6) is -0.437. The van der Waals surface area contributed by atoms with Crippen LogP contribution >= 0.6 is 11.6 Å². The van der Waals surface area contributed by atoms with Gasteiger partial charge in [-0.15, -0.1) is 0 Å². The molecular weight excluding hydrogens is 268 g/mol. The second-order valence-electron chi connectivity index (χ2n) is 3.87. The van der Waals surface area contributed by atoms with Crippen LogP contribution in [0.3, 0.4) is 0 Å². The van der Waals surface area contributed by atoms with Crippen LogP contribution in [0.2, 0.25) is 5.02 Å². The monoisotopic (exact) mass is 284 g/mol. The summed E-state index contributed by atoms with van der Waals surface area (Å²) in [6, 6.07) is 5.23. The van der Waals surface area contributed by atoms with Crippen molar-refractivity contribution in [3.05, 3.63) is 34.9 Å². The van der Waals surface area contributed by atoms with Crippen molar-refractivity contribution in [2.75, 3.05) is 20.3 Å². The van der Waals surface area contributed by atoms with Crippen molar-refractivity contribution in [3.63, 3.8) is 0 Å². The van der Waals surface area contributed by atoms with E-state index in [0.717, 1.165) is 18.9 Å². The van der Waals surface area contributed by atoms with Crippen LogP contribution in [0.1, 0.15) is 18.4 Å². The minimum absolute atomic E-state index is 0.465. The molecule has 0 radical (unpaired) electrons. The molecule has 0 aliphatic heterocycles. The van der Waals surface area contributed by atoms with Gasteiger partial charge in [0.15, 0.2) is 0 Å². The van der Waals surface area contributed by atoms with Gasteiger partial charge in [-0.1, -0.05) is 17.7 Å². The van der Waals surface area contributed by atoms with Crippen molar-refractivity contribution in [1.82, 2.24) is 0 Å². The molecule has 0 unspecified atom stereocenters. The summed E-state index contributed by atoms with van der Waals surface area (Å²) in [7, 11) is 1.66. The average Bonchev–Trinajstić information content (AvgIpc) is 2.37. The molecule has 0 bridgehead atoms. The van der Waals surface area contributed by atoms with E-state index in [2.05, 4.69) is 0 Å². The fraction of sp³-hybridized carbons (Fsp3) is 0.357. The summed E-state index contributed by atoms with van der Waals surface area (Å²) in [6.45, 7) is 1.24. The highest BCUT2D eigenvalue weighted by Gasteiger charge is 2.05. The molecule has 0 aliphatic carbocycles. The molecule has 0 aliphatic rings. The van der Waals surface area contributed by atoms with Crippen molar-refractivity contribution in [2.24, 2.45) is 0 Å². The molecule has 1 aromatic rings. The number of halogens is 1. The molecule has 0 aromatic heterocycles. The summed E-state index contributed by atoms with van der Waals surface area (Å²) in [4.78, 5) is 10.5. The number of carboxylic acid groups (broad SMARTS) is 1. The number of aliphatic carboxylic acids is 1. The molecular formula is C14H17ClO4. The predicted octanol–water partition coefficient (Wildman–Crippen LogP) is 3.24. The Labute approximate surface area is 117 Å². The number of carbonyl (C=O) groups is 1. The van der Waals surface area contributed by atoms with Crippen LogP contribution in [-0.2, 0) is 9.53 Å². The molecule has 4 nitrogen and oxygen atoms in total. The zero-order valence-corrected chi connectivity index (χ0v) is 11.5. The minimum Gasteiger partial charge on any atom is -0.493 e. The second kappa shape index (κ2) is 8.56. The molecule has 0 saturated heterocycles. The van der Waals surface area contributed by atoms with Crippen molar-refractivity contribution < 1.29 is 19.4 Å². The molecule has 0 saturated carbocycles. The molecule has 104 valence electrons. The lowest BCUT2D eigenvalue weighted by Gasteiger charge is -2.10. The third kappa shape index (κ3) is 5.77. The maximum absolute atomic E-state index is 10.5. The molecule has 1 N–H and O–H groups in total. The van der Waals surface area contributed by atoms with Gasteiger partial charge in [0.05, 0.1) is 11.6 Å². The highest BCUT2D eigenvalue weighted by molar-refractivity contribution is 6.32. The molecule has 1 aromatic carbocycles. The number of rotatable bonds is 8. The Morgan fingerprint density at radius 3 is 2.79 bits per heavy atom. The standard InChI is InChI=1S/C14H17ClO4/c1-18-9-2-3-10-19-13-6-4-5-12(15)11(13)7-8-14(16)17/h4-8H,2-3,9-10H2,1H3,(H,16,17)/b8-7+. The van der Waals surface area contributed by atoms with Gasteiger partial charge < -0.3 is 14.6 Å². The first-order valence-electron chi connectivity index (χ1n) is 5.96. The number of hydrogen-bond donors (Lipinski definition) is 1. The Hall–Kier alpha value is -1.52. The van der Waals surface area contributed by atoms with E-state index >= 15 is 0 Å². The number of hydrogen-bond acceptors (Lipinski definition) is 3. The molecule has 1 rings (SSSR count). The van der Waals surface area contributed by atoms with E-state index in [1.165, 1.54) is 6.08 Å². The Kier molecular flexibility index (Phi) is 7.00. The van der Waals surface area contributed by atoms with E-state index in [9.17, 15) is 4.79 Å². The zero-order valence-electron chi connectivity index (χ0n) is 10.8. The summed E-state index contributed by atoms with van der Waals surface area (Å²) in [6.07, 6.45) is 4.26. The first-order chi connectivity index (χ1) is 9.15. The van der Waals surface area contributed by atoms with Gasteiger partial charge in [0.1, 0.15) is 5.75 Å². The minimum atomic E-state index is -1.02. The van der Waals surface area contributed by atoms with Gasteiger partial charge >= 0.3 is 5.97 Å². The van der Waals surface area contributed by atoms with Crippen molar-refractivity contribution in [2.45, 2.75) is 12.8 Å². The smallest absolute Gasteiger partial charge is 0.328 e. The lowest BCUT2D eigenvalue weighted by atomic mass is 10.2. The van der Waals surface area contributed by atoms with E-state index in [1.807, 2.05) is 0 Å². The number of benzene rings is 1. The highest BCUT2D eigenvalue weighted by Crippen LogP contribution is 2.28. The van der Waals surface area contributed by atoms with E-state index in [0.29, 0.717) is 29.5 Å². The lowest BCUT2D eigenvalue weighted by molar-refractivity contribution is -0.131. The Bertz CT molecular complexity index is 443. The fourth-order valence-corrected chi connectivity index (χ4v) is 1.72. The largest absolute Gasteiger partial charge is 0.493 e. The Morgan fingerprint density at radius 1 is 1.37 bits per heavy atom. The van der Waals surface area contributed by atoms with Crippen LogP contribution in [0.5, 0.6) is 5.75 Å². The third-order valence-electron chi connectivity index (χ3n) is 2.41. The van der Waals surface area contributed by atoms with Crippen LogP contribution in [0, 0.1) is 0 Å². The number of methoxy groups -OCH3 is 1. The van der Waals surface area contributed by atoms with Crippen LogP contribution in [0.4, 0.5) is 0 Å². The van der Waals surface area contributed by atoms with E-state index in [-0.39, 0.29) is 0 Å². The van der Waals surface area contributed by atoms with Crippen LogP contribution < -0.4 is 4.74 Å². The molecule has 0 atom stereocenters. The maximum Gasteiger partial charge on any atom is 0.328 e. The van der Waals surface area contributed by atoms with Crippen LogP contribution in [0.15, 0.2) is 24.3 Å². The van der Waals surface area contributed by atoms with Gasteiger partial charge in [-0.2, -0.15) is 0 Å². The van der Waals surface area contributed by atoms with Crippen molar-refractivity contribution >= 4 is 23.6 Å². The van der Waals surface area contributed by atoms with Gasteiger partial charge in [-0.25, -0.2) is 4.79 Å². The fourth-order valence-electron chi connectivity index (χ4n) is 1.49. The molecule has 0 spiro atoms. The van der Waals surface area contributed by atoms with E-state index in [1.54, 1.807) is 25.3 Å². The summed E-state index contributed by atoms with van der Waals surface area (Å²) in [5, 5.41) is 9.11. The van der Waals surface area contributed by atoms with Gasteiger partial charge in [-0.3, -0.25) is 0 Å². The Morgan fingerprint density at radius 2 is 2.11 bits per heavy atom. The summed E-state index contributed by atoms with van der Waals surface area (Å²) in [5.41, 5.74) is 0.582. The average molecular weight is 285 g/mol. The number of carboxylic acids is 1. The van der Waals surface area contributed by atoms with Gasteiger partial charge in [-0.05, 0) is 31.1 Å². The number of ether oxygens (including phenoxy) is 2. The lowest BCUT2D eigenvalue weighted by Crippen LogP contribution is -2.01. The molecule has 0 fully saturated rings. The van der Waals surface area contributed by atoms with Gasteiger partial charge in [0.2, 0.25) is 0 Å². The van der Waals surface area contributed by atoms with E-state index in [4.69, 9.17) is 26.2 Å². The highest BCUT2D eigenvalue weighted by atomic mass is 35.5. The van der Waals surface area contributed by atoms with Gasteiger partial charge in [0, 0.05) is 25.4 Å². The third-order valence-corrected chi connectivity index (χ3v) is 2.74. The Balaban J connectivity index is 2.66. The summed E-state index contributed by atoms with van der Waals surface area (Å²) >= 11 is 6.03.